The number of hydrogen-bond acceptors (Lipinski definition) is 5. The van der Waals surface area contributed by atoms with E-state index in [1.54, 1.807) is 23.3 Å². The molecule has 0 unspecified atom stereocenters. The number of hydrogen-bond donors (Lipinski definition) is 0. The molecule has 0 atom stereocenters. The van der Waals surface area contributed by atoms with Gasteiger partial charge in [0.2, 0.25) is 0 Å². The Hall–Kier alpha value is -3.40. The molecule has 3 aromatic rings. The van der Waals surface area contributed by atoms with Crippen molar-refractivity contribution in [2.75, 3.05) is 13.2 Å². The van der Waals surface area contributed by atoms with Crippen LogP contribution in [0, 0.1) is 17.1 Å². The van der Waals surface area contributed by atoms with E-state index in [1.807, 2.05) is 25.2 Å². The number of rotatable bonds is 6. The zero-order chi connectivity index (χ0) is 17.6. The summed E-state index contributed by atoms with van der Waals surface area (Å²) < 4.78 is 26.4. The van der Waals surface area contributed by atoms with Crippen molar-refractivity contribution in [3.63, 3.8) is 0 Å². The molecule has 0 saturated heterocycles. The fourth-order valence-corrected chi connectivity index (χ4v) is 2.29. The molecule has 2 heterocycles. The number of aromatic nitrogens is 3. The van der Waals surface area contributed by atoms with E-state index in [0.717, 1.165) is 17.3 Å². The second-order valence-corrected chi connectivity index (χ2v) is 5.20. The summed E-state index contributed by atoms with van der Waals surface area (Å²) in [6.45, 7) is 0.398. The fourth-order valence-electron chi connectivity index (χ4n) is 2.29. The Bertz CT molecular complexity index is 917. The summed E-state index contributed by atoms with van der Waals surface area (Å²) in [5, 5.41) is 12.8. The summed E-state index contributed by atoms with van der Waals surface area (Å²) >= 11 is 0. The van der Waals surface area contributed by atoms with Crippen molar-refractivity contribution in [1.82, 2.24) is 14.8 Å². The van der Waals surface area contributed by atoms with Crippen LogP contribution in [-0.2, 0) is 7.05 Å². The Labute approximate surface area is 144 Å². The van der Waals surface area contributed by atoms with Gasteiger partial charge in [-0.15, -0.1) is 0 Å². The smallest absolute Gasteiger partial charge is 0.166 e. The lowest BCUT2D eigenvalue weighted by molar-refractivity contribution is 0.211. The van der Waals surface area contributed by atoms with Gasteiger partial charge in [-0.05, 0) is 30.3 Å². The van der Waals surface area contributed by atoms with E-state index in [9.17, 15) is 4.39 Å². The van der Waals surface area contributed by atoms with Crippen LogP contribution >= 0.6 is 0 Å². The molecule has 0 aliphatic rings. The van der Waals surface area contributed by atoms with Crippen molar-refractivity contribution in [1.29, 1.82) is 5.26 Å². The van der Waals surface area contributed by atoms with Crippen molar-refractivity contribution in [3.8, 4) is 28.8 Å². The van der Waals surface area contributed by atoms with E-state index in [2.05, 4.69) is 10.1 Å². The second-order valence-electron chi connectivity index (χ2n) is 5.20. The van der Waals surface area contributed by atoms with Crippen molar-refractivity contribution in [2.45, 2.75) is 0 Å². The average molecular weight is 338 g/mol. The van der Waals surface area contributed by atoms with Crippen LogP contribution in [0.5, 0.6) is 11.5 Å². The fraction of sp³-hybridized carbons (Fsp3) is 0.167. The van der Waals surface area contributed by atoms with E-state index in [0.29, 0.717) is 5.75 Å². The van der Waals surface area contributed by atoms with Gasteiger partial charge in [-0.1, -0.05) is 0 Å². The highest BCUT2D eigenvalue weighted by Crippen LogP contribution is 2.22. The predicted octanol–water partition coefficient (Wildman–Crippen LogP) is 2.95. The maximum Gasteiger partial charge on any atom is 0.166 e. The molecule has 0 fully saturated rings. The molecule has 0 radical (unpaired) electrons. The highest BCUT2D eigenvalue weighted by atomic mass is 19.1. The van der Waals surface area contributed by atoms with E-state index < -0.39 is 5.82 Å². The van der Waals surface area contributed by atoms with Gasteiger partial charge < -0.3 is 9.47 Å². The minimum absolute atomic E-state index is 0.0874. The molecule has 0 saturated carbocycles. The molecule has 0 aliphatic heterocycles. The molecular formula is C18H15FN4O2. The predicted molar refractivity (Wildman–Crippen MR) is 88.5 cm³/mol. The first-order chi connectivity index (χ1) is 12.2. The number of nitriles is 1. The third-order valence-corrected chi connectivity index (χ3v) is 3.50. The SMILES string of the molecule is Cn1nccc1-c1cncc(OCCOc2ccc(C#N)cc2F)c1. The third kappa shape index (κ3) is 3.93. The van der Waals surface area contributed by atoms with Gasteiger partial charge >= 0.3 is 0 Å². The lowest BCUT2D eigenvalue weighted by Crippen LogP contribution is -2.10. The van der Waals surface area contributed by atoms with E-state index in [4.69, 9.17) is 14.7 Å². The number of nitrogens with zero attached hydrogens (tertiary/aromatic N) is 4. The third-order valence-electron chi connectivity index (χ3n) is 3.50. The Kier molecular flexibility index (Phi) is 4.90. The van der Waals surface area contributed by atoms with Gasteiger partial charge in [0.05, 0.1) is 23.5 Å². The van der Waals surface area contributed by atoms with Crippen LogP contribution in [0.4, 0.5) is 4.39 Å². The molecule has 6 nitrogen and oxygen atoms in total. The summed E-state index contributed by atoms with van der Waals surface area (Å²) in [6.07, 6.45) is 5.04. The van der Waals surface area contributed by atoms with E-state index in [1.165, 1.54) is 12.1 Å². The first-order valence-electron chi connectivity index (χ1n) is 7.56. The van der Waals surface area contributed by atoms with Crippen LogP contribution in [0.15, 0.2) is 48.9 Å². The van der Waals surface area contributed by atoms with Crippen LogP contribution in [0.2, 0.25) is 0 Å². The first kappa shape index (κ1) is 16.5. The van der Waals surface area contributed by atoms with Gasteiger partial charge in [-0.25, -0.2) is 4.39 Å². The summed E-state index contributed by atoms with van der Waals surface area (Å²) in [5.41, 5.74) is 2.06. The van der Waals surface area contributed by atoms with Crippen LogP contribution in [0.25, 0.3) is 11.3 Å². The van der Waals surface area contributed by atoms with E-state index >= 15 is 0 Å². The van der Waals surface area contributed by atoms with Gasteiger partial charge in [-0.3, -0.25) is 9.67 Å². The minimum Gasteiger partial charge on any atom is -0.488 e. The van der Waals surface area contributed by atoms with Crippen molar-refractivity contribution in [2.24, 2.45) is 7.05 Å². The lowest BCUT2D eigenvalue weighted by Gasteiger charge is -2.10. The van der Waals surface area contributed by atoms with Gasteiger partial charge in [0.1, 0.15) is 19.0 Å². The highest BCUT2D eigenvalue weighted by molar-refractivity contribution is 5.59. The number of pyridine rings is 1. The number of benzene rings is 1. The van der Waals surface area contributed by atoms with Gasteiger partial charge in [-0.2, -0.15) is 10.4 Å². The summed E-state index contributed by atoms with van der Waals surface area (Å²) in [4.78, 5) is 4.15. The summed E-state index contributed by atoms with van der Waals surface area (Å²) in [6, 6.07) is 9.68. The Morgan fingerprint density at radius 2 is 2.00 bits per heavy atom. The van der Waals surface area contributed by atoms with Crippen LogP contribution in [-0.4, -0.2) is 28.0 Å². The number of ether oxygens (including phenoxy) is 2. The molecule has 7 heteroatoms. The molecule has 126 valence electrons. The normalized spacial score (nSPS) is 10.3. The van der Waals surface area contributed by atoms with Crippen LogP contribution in [0.1, 0.15) is 5.56 Å². The van der Waals surface area contributed by atoms with Crippen LogP contribution in [0.3, 0.4) is 0 Å². The molecule has 0 aliphatic carbocycles. The zero-order valence-corrected chi connectivity index (χ0v) is 13.5. The Morgan fingerprint density at radius 3 is 2.72 bits per heavy atom. The molecule has 0 spiro atoms. The topological polar surface area (TPSA) is 73.0 Å². The average Bonchev–Trinajstić information content (AvgIpc) is 3.06. The number of aryl methyl sites for hydroxylation is 1. The zero-order valence-electron chi connectivity index (χ0n) is 13.5. The molecular weight excluding hydrogens is 323 g/mol. The molecule has 1 aromatic carbocycles. The van der Waals surface area contributed by atoms with Gasteiger partial charge in [0, 0.05) is 25.0 Å². The Morgan fingerprint density at radius 1 is 1.16 bits per heavy atom. The maximum atomic E-state index is 13.7. The lowest BCUT2D eigenvalue weighted by atomic mass is 10.2. The molecule has 2 aromatic heterocycles. The van der Waals surface area contributed by atoms with Crippen molar-refractivity contribution < 1.29 is 13.9 Å². The van der Waals surface area contributed by atoms with Crippen molar-refractivity contribution in [3.05, 3.63) is 60.3 Å². The Balaban J connectivity index is 1.56. The molecule has 25 heavy (non-hydrogen) atoms. The van der Waals surface area contributed by atoms with Gasteiger partial charge in [0.15, 0.2) is 11.6 Å². The largest absolute Gasteiger partial charge is 0.488 e. The van der Waals surface area contributed by atoms with Gasteiger partial charge in [0.25, 0.3) is 0 Å². The maximum absolute atomic E-state index is 13.7. The monoisotopic (exact) mass is 338 g/mol. The minimum atomic E-state index is -0.570. The summed E-state index contributed by atoms with van der Waals surface area (Å²) in [7, 11) is 1.85. The molecule has 0 amide bonds. The molecule has 0 N–H and O–H groups in total. The van der Waals surface area contributed by atoms with Crippen molar-refractivity contribution >= 4 is 0 Å². The quantitative estimate of drug-likeness (QED) is 0.646. The highest BCUT2D eigenvalue weighted by Gasteiger charge is 2.06. The number of halogens is 1. The summed E-state index contributed by atoms with van der Waals surface area (Å²) in [5.74, 6) is 0.103. The standard InChI is InChI=1S/C18H15FN4O2/c1-23-17(4-5-22-23)14-9-15(12-21-11-14)24-6-7-25-18-3-2-13(10-20)8-16(18)19/h2-5,8-9,11-12H,6-7H2,1H3. The van der Waals surface area contributed by atoms with Crippen LogP contribution < -0.4 is 9.47 Å². The first-order valence-corrected chi connectivity index (χ1v) is 7.56. The van der Waals surface area contributed by atoms with E-state index in [-0.39, 0.29) is 24.5 Å². The molecule has 3 rings (SSSR count). The second kappa shape index (κ2) is 7.45. The molecule has 0 bridgehead atoms.